The molecule has 0 spiro atoms. The van der Waals surface area contributed by atoms with E-state index < -0.39 is 16.3 Å². The van der Waals surface area contributed by atoms with Gasteiger partial charge in [-0.3, -0.25) is 10.1 Å². The lowest BCUT2D eigenvalue weighted by Crippen LogP contribution is -2.33. The number of nitrogens with zero attached hydrogens (tertiary/aromatic N) is 2. The maximum Gasteiger partial charge on any atom is 0.275 e. The zero-order valence-corrected chi connectivity index (χ0v) is 12.1. The molecule has 0 saturated heterocycles. The first kappa shape index (κ1) is 16.9. The fraction of sp³-hybridized carbons (Fsp3) is 0.500. The molecule has 0 amide bonds. The van der Waals surface area contributed by atoms with Crippen molar-refractivity contribution < 1.29 is 14.1 Å². The molecule has 0 aromatic heterocycles. The predicted octanol–water partition coefficient (Wildman–Crippen LogP) is 2.83. The molecule has 0 aliphatic rings. The highest BCUT2D eigenvalue weighted by Gasteiger charge is 2.17. The van der Waals surface area contributed by atoms with Crippen LogP contribution in [0.2, 0.25) is 0 Å². The van der Waals surface area contributed by atoms with Crippen LogP contribution in [0.4, 0.5) is 10.1 Å². The van der Waals surface area contributed by atoms with E-state index in [1.165, 1.54) is 13.0 Å². The minimum absolute atomic E-state index is 0.00565. The fourth-order valence-corrected chi connectivity index (χ4v) is 1.78. The van der Waals surface area contributed by atoms with E-state index in [2.05, 4.69) is 0 Å². The lowest BCUT2D eigenvalue weighted by molar-refractivity contribution is -0.385. The van der Waals surface area contributed by atoms with Gasteiger partial charge in [0.05, 0.1) is 23.7 Å². The Labute approximate surface area is 122 Å². The van der Waals surface area contributed by atoms with E-state index in [0.29, 0.717) is 24.8 Å². The molecule has 1 aromatic rings. The van der Waals surface area contributed by atoms with Crippen LogP contribution in [0.1, 0.15) is 31.7 Å². The van der Waals surface area contributed by atoms with Crippen LogP contribution < -0.4 is 10.5 Å². The van der Waals surface area contributed by atoms with Crippen LogP contribution in [0.5, 0.6) is 5.75 Å². The van der Waals surface area contributed by atoms with Crippen molar-refractivity contribution in [1.29, 1.82) is 5.26 Å². The van der Waals surface area contributed by atoms with Crippen molar-refractivity contribution in [3.05, 3.63) is 33.6 Å². The summed E-state index contributed by atoms with van der Waals surface area (Å²) >= 11 is 0. The predicted molar refractivity (Wildman–Crippen MR) is 75.3 cm³/mol. The summed E-state index contributed by atoms with van der Waals surface area (Å²) in [4.78, 5) is 10.0. The molecule has 7 heteroatoms. The summed E-state index contributed by atoms with van der Waals surface area (Å²) in [7, 11) is 0. The molecule has 6 nitrogen and oxygen atoms in total. The molecule has 0 aliphatic heterocycles. The number of halogens is 1. The van der Waals surface area contributed by atoms with Crippen LogP contribution in [0, 0.1) is 34.2 Å². The second kappa shape index (κ2) is 6.99. The number of nitrogens with two attached hydrogens (primary N) is 1. The number of ether oxygens (including phenoxy) is 1. The number of rotatable bonds is 7. The highest BCUT2D eigenvalue weighted by Crippen LogP contribution is 2.27. The van der Waals surface area contributed by atoms with Gasteiger partial charge in [-0.15, -0.1) is 0 Å². The largest absolute Gasteiger partial charge is 0.491 e. The fourth-order valence-electron chi connectivity index (χ4n) is 1.78. The van der Waals surface area contributed by atoms with E-state index >= 15 is 0 Å². The van der Waals surface area contributed by atoms with E-state index in [4.69, 9.17) is 15.7 Å². The monoisotopic (exact) mass is 295 g/mol. The first-order valence-corrected chi connectivity index (χ1v) is 6.54. The summed E-state index contributed by atoms with van der Waals surface area (Å²) < 4.78 is 18.9. The van der Waals surface area contributed by atoms with Crippen molar-refractivity contribution in [3.63, 3.8) is 0 Å². The Morgan fingerprint density at radius 2 is 2.19 bits per heavy atom. The molecule has 1 aromatic carbocycles. The quantitative estimate of drug-likeness (QED) is 0.473. The zero-order valence-electron chi connectivity index (χ0n) is 12.1. The normalized spacial score (nSPS) is 13.3. The minimum Gasteiger partial charge on any atom is -0.491 e. The molecular formula is C14H18FN3O3. The molecule has 0 saturated carbocycles. The van der Waals surface area contributed by atoms with Gasteiger partial charge in [0.1, 0.15) is 5.54 Å². The Kier molecular flexibility index (Phi) is 5.61. The van der Waals surface area contributed by atoms with Gasteiger partial charge >= 0.3 is 0 Å². The standard InChI is InChI=1S/C14H18FN3O3/c1-10-7-13(11(15)8-12(10)18(19)20)21-6-4-3-5-14(2,17)9-16/h7-8H,3-6,17H2,1-2H3. The number of hydrogen-bond donors (Lipinski definition) is 1. The molecule has 114 valence electrons. The van der Waals surface area contributed by atoms with Crippen LogP contribution in [0.3, 0.4) is 0 Å². The minimum atomic E-state index is -0.866. The molecule has 0 radical (unpaired) electrons. The number of benzene rings is 1. The summed E-state index contributed by atoms with van der Waals surface area (Å²) in [6.45, 7) is 3.43. The summed E-state index contributed by atoms with van der Waals surface area (Å²) in [6.07, 6.45) is 1.81. The van der Waals surface area contributed by atoms with Crippen molar-refractivity contribution in [1.82, 2.24) is 0 Å². The number of hydrogen-bond acceptors (Lipinski definition) is 5. The molecular weight excluding hydrogens is 277 g/mol. The number of nitriles is 1. The summed E-state index contributed by atoms with van der Waals surface area (Å²) in [5.41, 5.74) is 4.88. The number of nitro benzene ring substituents is 1. The molecule has 1 rings (SSSR count). The smallest absolute Gasteiger partial charge is 0.275 e. The van der Waals surface area contributed by atoms with Crippen molar-refractivity contribution in [2.75, 3.05) is 6.61 Å². The topological polar surface area (TPSA) is 102 Å². The maximum atomic E-state index is 13.7. The van der Waals surface area contributed by atoms with Crippen molar-refractivity contribution in [3.8, 4) is 11.8 Å². The first-order valence-electron chi connectivity index (χ1n) is 6.54. The van der Waals surface area contributed by atoms with Gasteiger partial charge < -0.3 is 10.5 Å². The number of unbranched alkanes of at least 4 members (excludes halogenated alkanes) is 1. The number of nitro groups is 1. The van der Waals surface area contributed by atoms with Crippen LogP contribution in [0.15, 0.2) is 12.1 Å². The Bertz CT molecular complexity index is 567. The Balaban J connectivity index is 2.52. The van der Waals surface area contributed by atoms with E-state index in [1.807, 2.05) is 6.07 Å². The first-order chi connectivity index (χ1) is 9.76. The maximum absolute atomic E-state index is 13.7. The van der Waals surface area contributed by atoms with Gasteiger partial charge in [-0.25, -0.2) is 4.39 Å². The molecule has 0 fully saturated rings. The second-order valence-electron chi connectivity index (χ2n) is 5.16. The lowest BCUT2D eigenvalue weighted by Gasteiger charge is -2.14. The Morgan fingerprint density at radius 1 is 1.52 bits per heavy atom. The number of aryl methyl sites for hydroxylation is 1. The van der Waals surface area contributed by atoms with Gasteiger partial charge in [0.15, 0.2) is 11.6 Å². The molecule has 1 unspecified atom stereocenters. The van der Waals surface area contributed by atoms with Gasteiger partial charge in [-0.1, -0.05) is 0 Å². The van der Waals surface area contributed by atoms with E-state index in [9.17, 15) is 14.5 Å². The lowest BCUT2D eigenvalue weighted by atomic mass is 9.98. The molecule has 0 bridgehead atoms. The molecule has 21 heavy (non-hydrogen) atoms. The average molecular weight is 295 g/mol. The van der Waals surface area contributed by atoms with E-state index in [-0.39, 0.29) is 18.0 Å². The highest BCUT2D eigenvalue weighted by molar-refractivity contribution is 5.45. The SMILES string of the molecule is Cc1cc(OCCCCC(C)(N)C#N)c(F)cc1[N+](=O)[O-]. The molecule has 0 aliphatic carbocycles. The van der Waals surface area contributed by atoms with Crippen molar-refractivity contribution in [2.24, 2.45) is 5.73 Å². The van der Waals surface area contributed by atoms with Crippen LogP contribution >= 0.6 is 0 Å². The highest BCUT2D eigenvalue weighted by atomic mass is 19.1. The molecule has 1 atom stereocenters. The van der Waals surface area contributed by atoms with Crippen LogP contribution in [-0.2, 0) is 0 Å². The van der Waals surface area contributed by atoms with E-state index in [1.54, 1.807) is 6.92 Å². The van der Waals surface area contributed by atoms with Crippen LogP contribution in [0.25, 0.3) is 0 Å². The summed E-state index contributed by atoms with van der Waals surface area (Å²) in [5.74, 6) is -0.762. The Hall–Kier alpha value is -2.20. The van der Waals surface area contributed by atoms with Gasteiger partial charge in [0.2, 0.25) is 0 Å². The third kappa shape index (κ3) is 5.00. The second-order valence-corrected chi connectivity index (χ2v) is 5.16. The van der Waals surface area contributed by atoms with Gasteiger partial charge in [-0.2, -0.15) is 5.26 Å². The van der Waals surface area contributed by atoms with Crippen LogP contribution in [-0.4, -0.2) is 17.1 Å². The summed E-state index contributed by atoms with van der Waals surface area (Å²) in [6, 6.07) is 4.17. The third-order valence-corrected chi connectivity index (χ3v) is 3.05. The van der Waals surface area contributed by atoms with Gasteiger partial charge in [-0.05, 0) is 39.2 Å². The van der Waals surface area contributed by atoms with Crippen molar-refractivity contribution >= 4 is 5.69 Å². The Morgan fingerprint density at radius 3 is 2.76 bits per heavy atom. The average Bonchev–Trinajstić information content (AvgIpc) is 2.41. The summed E-state index contributed by atoms with van der Waals surface area (Å²) in [5, 5.41) is 19.4. The van der Waals surface area contributed by atoms with Crippen molar-refractivity contribution in [2.45, 2.75) is 38.6 Å². The molecule has 0 heterocycles. The molecule has 2 N–H and O–H groups in total. The van der Waals surface area contributed by atoms with Gasteiger partial charge in [0, 0.05) is 5.56 Å². The van der Waals surface area contributed by atoms with E-state index in [0.717, 1.165) is 6.07 Å². The third-order valence-electron chi connectivity index (χ3n) is 3.05. The van der Waals surface area contributed by atoms with Gasteiger partial charge in [0.25, 0.3) is 5.69 Å². The zero-order chi connectivity index (χ0) is 16.0.